The number of amides is 2. The van der Waals surface area contributed by atoms with Crippen molar-refractivity contribution in [2.24, 2.45) is 0 Å². The van der Waals surface area contributed by atoms with Gasteiger partial charge in [0.25, 0.3) is 5.56 Å². The lowest BCUT2D eigenvalue weighted by Gasteiger charge is -2.34. The fraction of sp³-hybridized carbons (Fsp3) is 0.429. The molecule has 0 bridgehead atoms. The van der Waals surface area contributed by atoms with Gasteiger partial charge in [-0.25, -0.2) is 9.78 Å². The summed E-state index contributed by atoms with van der Waals surface area (Å²) in [5, 5.41) is 12.1. The normalized spacial score (nSPS) is 18.9. The van der Waals surface area contributed by atoms with E-state index in [9.17, 15) is 32.7 Å². The molecule has 0 unspecified atom stereocenters. The topological polar surface area (TPSA) is 129 Å². The number of aromatic nitrogens is 2. The van der Waals surface area contributed by atoms with Gasteiger partial charge in [0.2, 0.25) is 5.91 Å². The summed E-state index contributed by atoms with van der Waals surface area (Å²) in [5.41, 5.74) is -0.118. The average Bonchev–Trinajstić information content (AvgIpc) is 3.80. The van der Waals surface area contributed by atoms with Gasteiger partial charge in [-0.1, -0.05) is 0 Å². The van der Waals surface area contributed by atoms with Crippen LogP contribution in [0.3, 0.4) is 0 Å². The minimum Gasteiger partial charge on any atom is -0.465 e. The summed E-state index contributed by atoms with van der Waals surface area (Å²) in [4.78, 5) is 47.8. The number of carbonyl (C=O) groups is 2. The number of benzene rings is 2. The van der Waals surface area contributed by atoms with Crippen molar-refractivity contribution in [3.8, 4) is 11.4 Å². The Hall–Kier alpha value is -4.37. The molecule has 2 aliphatic heterocycles. The molecule has 2 aromatic carbocycles. The molecule has 43 heavy (non-hydrogen) atoms. The summed E-state index contributed by atoms with van der Waals surface area (Å²) in [6.07, 6.45) is -3.55. The van der Waals surface area contributed by atoms with E-state index in [1.807, 2.05) is 9.80 Å². The van der Waals surface area contributed by atoms with Gasteiger partial charge in [0, 0.05) is 45.0 Å². The van der Waals surface area contributed by atoms with Crippen LogP contribution in [-0.4, -0.2) is 101 Å². The van der Waals surface area contributed by atoms with Crippen LogP contribution in [0.4, 0.5) is 29.3 Å². The van der Waals surface area contributed by atoms with Crippen LogP contribution in [0.25, 0.3) is 16.6 Å². The largest absolute Gasteiger partial charge is 0.573 e. The van der Waals surface area contributed by atoms with Crippen LogP contribution in [0.5, 0.6) is 5.75 Å². The molecule has 228 valence electrons. The number of piperazine rings is 1. The van der Waals surface area contributed by atoms with Gasteiger partial charge in [-0.05, 0) is 49.2 Å². The second kappa shape index (κ2) is 11.0. The number of fused-ring (bicyclic) bond motifs is 1. The van der Waals surface area contributed by atoms with Gasteiger partial charge in [0.05, 0.1) is 35.5 Å². The number of ether oxygens (including phenoxy) is 2. The van der Waals surface area contributed by atoms with Crippen LogP contribution >= 0.6 is 0 Å². The smallest absolute Gasteiger partial charge is 0.465 e. The van der Waals surface area contributed by atoms with Crippen molar-refractivity contribution < 1.29 is 37.3 Å². The zero-order valence-corrected chi connectivity index (χ0v) is 23.0. The van der Waals surface area contributed by atoms with E-state index in [1.165, 1.54) is 27.9 Å². The molecule has 2 amide bonds. The third-order valence-electron chi connectivity index (χ3n) is 8.14. The van der Waals surface area contributed by atoms with Gasteiger partial charge in [0.1, 0.15) is 11.9 Å². The Balaban J connectivity index is 1.29. The molecule has 1 aromatic heterocycles. The molecule has 1 aliphatic carbocycles. The number of carbonyl (C=O) groups excluding carboxylic acids is 1. The summed E-state index contributed by atoms with van der Waals surface area (Å²) in [7, 11) is 0. The first-order valence-electron chi connectivity index (χ1n) is 13.8. The molecular formula is C28H29F3N6O6. The van der Waals surface area contributed by atoms with E-state index in [1.54, 1.807) is 18.2 Å². The molecule has 3 aliphatic rings. The number of hydrogen-bond donors (Lipinski definition) is 2. The number of morpholine rings is 1. The first kappa shape index (κ1) is 28.7. The van der Waals surface area contributed by atoms with Gasteiger partial charge in [0.15, 0.2) is 5.75 Å². The third-order valence-corrected chi connectivity index (χ3v) is 8.14. The highest BCUT2D eigenvalue weighted by Gasteiger charge is 2.54. The fourth-order valence-electron chi connectivity index (χ4n) is 5.66. The SMILES string of the molecule is O=C(O)N1CCN(c2ccc3c(=O)n(-c4ccc(OC(F)(F)F)c(NC(=O)C5(N6CCOCC6)CC5)c4)cnc3c2)CC1. The number of halogens is 3. The highest BCUT2D eigenvalue weighted by atomic mass is 19.4. The summed E-state index contributed by atoms with van der Waals surface area (Å²) >= 11 is 0. The van der Waals surface area contributed by atoms with Crippen LogP contribution in [0.1, 0.15) is 12.8 Å². The third kappa shape index (κ3) is 5.82. The summed E-state index contributed by atoms with van der Waals surface area (Å²) in [6.45, 7) is 3.69. The van der Waals surface area contributed by atoms with Crippen LogP contribution < -0.4 is 20.5 Å². The van der Waals surface area contributed by atoms with Crippen molar-refractivity contribution in [2.45, 2.75) is 24.7 Å². The molecule has 0 spiro atoms. The number of alkyl halides is 3. The number of rotatable bonds is 6. The molecule has 3 aromatic rings. The van der Waals surface area contributed by atoms with Gasteiger partial charge in [-0.3, -0.25) is 19.1 Å². The maximum atomic E-state index is 13.5. The lowest BCUT2D eigenvalue weighted by atomic mass is 10.1. The number of nitrogens with zero attached hydrogens (tertiary/aromatic N) is 5. The first-order chi connectivity index (χ1) is 20.5. The Bertz CT molecular complexity index is 1610. The van der Waals surface area contributed by atoms with E-state index in [2.05, 4.69) is 15.0 Å². The molecule has 2 saturated heterocycles. The van der Waals surface area contributed by atoms with Crippen molar-refractivity contribution in [3.63, 3.8) is 0 Å². The maximum absolute atomic E-state index is 13.5. The molecule has 6 rings (SSSR count). The Labute approximate surface area is 243 Å². The molecule has 0 radical (unpaired) electrons. The molecule has 1 saturated carbocycles. The second-order valence-corrected chi connectivity index (χ2v) is 10.7. The zero-order valence-electron chi connectivity index (χ0n) is 23.0. The Morgan fingerprint density at radius 2 is 1.67 bits per heavy atom. The quantitative estimate of drug-likeness (QED) is 0.438. The first-order valence-corrected chi connectivity index (χ1v) is 13.8. The van der Waals surface area contributed by atoms with Gasteiger partial charge in [-0.15, -0.1) is 13.2 Å². The predicted molar refractivity (Wildman–Crippen MR) is 149 cm³/mol. The monoisotopic (exact) mass is 602 g/mol. The lowest BCUT2D eigenvalue weighted by molar-refractivity contribution is -0.274. The van der Waals surface area contributed by atoms with Crippen molar-refractivity contribution in [3.05, 3.63) is 53.1 Å². The van der Waals surface area contributed by atoms with Crippen molar-refractivity contribution in [1.82, 2.24) is 19.4 Å². The lowest BCUT2D eigenvalue weighted by Crippen LogP contribution is -2.51. The Morgan fingerprint density at radius 3 is 2.33 bits per heavy atom. The van der Waals surface area contributed by atoms with Gasteiger partial charge >= 0.3 is 12.5 Å². The summed E-state index contributed by atoms with van der Waals surface area (Å²) in [6, 6.07) is 8.71. The van der Waals surface area contributed by atoms with E-state index in [0.717, 1.165) is 11.8 Å². The molecule has 3 fully saturated rings. The van der Waals surface area contributed by atoms with Crippen LogP contribution in [-0.2, 0) is 9.53 Å². The fourth-order valence-corrected chi connectivity index (χ4v) is 5.66. The van der Waals surface area contributed by atoms with Crippen LogP contribution in [0, 0.1) is 0 Å². The van der Waals surface area contributed by atoms with Crippen LogP contribution in [0.2, 0.25) is 0 Å². The molecule has 0 atom stereocenters. The van der Waals surface area contributed by atoms with Crippen molar-refractivity contribution >= 4 is 34.3 Å². The number of carboxylic acid groups (broad SMARTS) is 1. The van der Waals surface area contributed by atoms with E-state index in [-0.39, 0.29) is 16.8 Å². The average molecular weight is 603 g/mol. The molecular weight excluding hydrogens is 573 g/mol. The number of hydrogen-bond acceptors (Lipinski definition) is 8. The van der Waals surface area contributed by atoms with E-state index < -0.39 is 35.2 Å². The van der Waals surface area contributed by atoms with E-state index in [4.69, 9.17) is 4.74 Å². The molecule has 15 heteroatoms. The highest BCUT2D eigenvalue weighted by Crippen LogP contribution is 2.44. The van der Waals surface area contributed by atoms with Crippen molar-refractivity contribution in [1.29, 1.82) is 0 Å². The van der Waals surface area contributed by atoms with Gasteiger partial charge in [-0.2, -0.15) is 0 Å². The highest BCUT2D eigenvalue weighted by molar-refractivity contribution is 6.01. The minimum atomic E-state index is -5.00. The maximum Gasteiger partial charge on any atom is 0.573 e. The summed E-state index contributed by atoms with van der Waals surface area (Å²) < 4.78 is 50.4. The van der Waals surface area contributed by atoms with E-state index in [0.29, 0.717) is 70.8 Å². The molecule has 2 N–H and O–H groups in total. The second-order valence-electron chi connectivity index (χ2n) is 10.7. The van der Waals surface area contributed by atoms with Gasteiger partial charge < -0.3 is 29.7 Å². The Morgan fingerprint density at radius 1 is 0.977 bits per heavy atom. The number of nitrogens with one attached hydrogen (secondary N) is 1. The van der Waals surface area contributed by atoms with Crippen molar-refractivity contribution in [2.75, 3.05) is 62.7 Å². The molecule has 12 nitrogen and oxygen atoms in total. The standard InChI is InChI=1S/C28H29F3N6O6/c29-28(30,31)43-23-4-2-19(16-22(23)33-25(39)27(5-6-27)36-11-13-42-14-12-36)37-17-32-21-15-18(1-3-20(21)24(37)38)34-7-9-35(10-8-34)26(40)41/h1-4,15-17H,5-14H2,(H,33,39)(H,40,41). The van der Waals surface area contributed by atoms with Crippen LogP contribution in [0.15, 0.2) is 47.5 Å². The minimum absolute atomic E-state index is 0.189. The van der Waals surface area contributed by atoms with E-state index >= 15 is 0 Å². The summed E-state index contributed by atoms with van der Waals surface area (Å²) in [5.74, 6) is -1.05. The zero-order chi connectivity index (χ0) is 30.4. The molecule has 3 heterocycles. The Kier molecular flexibility index (Phi) is 7.38. The predicted octanol–water partition coefficient (Wildman–Crippen LogP) is 2.89. The number of anilines is 2.